The van der Waals surface area contributed by atoms with Gasteiger partial charge in [0.2, 0.25) is 0 Å². The molecule has 0 bridgehead atoms. The molecule has 1 saturated carbocycles. The molecule has 1 aromatic rings. The largest absolute Gasteiger partial charge is 0.378 e. The maximum Gasteiger partial charge on any atom is 0.272 e. The summed E-state index contributed by atoms with van der Waals surface area (Å²) < 4.78 is 13.5. The highest BCUT2D eigenvalue weighted by Gasteiger charge is 2.32. The van der Waals surface area contributed by atoms with Gasteiger partial charge in [0.1, 0.15) is 0 Å². The summed E-state index contributed by atoms with van der Waals surface area (Å²) >= 11 is 0. The number of nitro groups is 1. The van der Waals surface area contributed by atoms with Gasteiger partial charge in [0, 0.05) is 11.6 Å². The third kappa shape index (κ3) is 1.98. The van der Waals surface area contributed by atoms with E-state index in [1.807, 2.05) is 6.92 Å². The van der Waals surface area contributed by atoms with Gasteiger partial charge < -0.3 is 5.32 Å². The van der Waals surface area contributed by atoms with Crippen molar-refractivity contribution in [2.24, 2.45) is 0 Å². The molecular weight excluding hydrogens is 211 g/mol. The molecule has 2 rings (SSSR count). The van der Waals surface area contributed by atoms with Crippen LogP contribution in [0.2, 0.25) is 0 Å². The quantitative estimate of drug-likeness (QED) is 0.634. The van der Waals surface area contributed by atoms with Crippen LogP contribution in [0.3, 0.4) is 0 Å². The van der Waals surface area contributed by atoms with Crippen LogP contribution in [0.25, 0.3) is 0 Å². The minimum atomic E-state index is -0.599. The van der Waals surface area contributed by atoms with Crippen LogP contribution in [-0.2, 0) is 0 Å². The Kier molecular flexibility index (Phi) is 2.53. The molecule has 0 amide bonds. The maximum atomic E-state index is 13.5. The molecule has 0 aromatic heterocycles. The van der Waals surface area contributed by atoms with Crippen LogP contribution in [0.4, 0.5) is 15.8 Å². The Morgan fingerprint density at radius 2 is 2.19 bits per heavy atom. The molecule has 16 heavy (non-hydrogen) atoms. The Bertz CT molecular complexity index is 430. The average Bonchev–Trinajstić information content (AvgIpc) is 2.18. The third-order valence-electron chi connectivity index (χ3n) is 3.06. The molecule has 0 spiro atoms. The number of anilines is 1. The van der Waals surface area contributed by atoms with E-state index in [0.29, 0.717) is 5.69 Å². The summed E-state index contributed by atoms with van der Waals surface area (Å²) in [7, 11) is 0. The number of hydrogen-bond acceptors (Lipinski definition) is 3. The van der Waals surface area contributed by atoms with E-state index in [1.165, 1.54) is 12.1 Å². The van der Waals surface area contributed by atoms with E-state index < -0.39 is 10.7 Å². The van der Waals surface area contributed by atoms with E-state index in [0.717, 1.165) is 25.3 Å². The molecule has 5 heteroatoms. The van der Waals surface area contributed by atoms with Gasteiger partial charge in [-0.15, -0.1) is 0 Å². The van der Waals surface area contributed by atoms with Crippen molar-refractivity contribution in [2.75, 3.05) is 5.32 Å². The van der Waals surface area contributed by atoms with Crippen molar-refractivity contribution in [3.63, 3.8) is 0 Å². The zero-order chi connectivity index (χ0) is 11.8. The number of non-ortho nitro benzene ring substituents is 1. The lowest BCUT2D eigenvalue weighted by Gasteiger charge is -2.40. The number of nitrogens with zero attached hydrogens (tertiary/aromatic N) is 1. The summed E-state index contributed by atoms with van der Waals surface area (Å²) in [4.78, 5) is 9.84. The average molecular weight is 224 g/mol. The molecule has 4 nitrogen and oxygen atoms in total. The minimum absolute atomic E-state index is 0.0586. The Morgan fingerprint density at radius 3 is 2.62 bits per heavy atom. The highest BCUT2D eigenvalue weighted by Crippen LogP contribution is 2.35. The molecule has 0 radical (unpaired) electrons. The van der Waals surface area contributed by atoms with Crippen molar-refractivity contribution >= 4 is 11.4 Å². The van der Waals surface area contributed by atoms with Gasteiger partial charge in [-0.3, -0.25) is 10.1 Å². The third-order valence-corrected chi connectivity index (χ3v) is 3.06. The Hall–Kier alpha value is -1.65. The minimum Gasteiger partial charge on any atom is -0.378 e. The van der Waals surface area contributed by atoms with E-state index in [-0.39, 0.29) is 11.2 Å². The zero-order valence-electron chi connectivity index (χ0n) is 9.00. The van der Waals surface area contributed by atoms with E-state index in [4.69, 9.17) is 0 Å². The van der Waals surface area contributed by atoms with Crippen LogP contribution in [0.5, 0.6) is 0 Å². The summed E-state index contributed by atoms with van der Waals surface area (Å²) in [5.41, 5.74) is 0.0615. The fourth-order valence-electron chi connectivity index (χ4n) is 1.88. The SMILES string of the molecule is CC1(Nc2ccc([N+](=O)[O-])cc2F)CCC1. The van der Waals surface area contributed by atoms with Crippen LogP contribution < -0.4 is 5.32 Å². The number of benzene rings is 1. The van der Waals surface area contributed by atoms with Crippen molar-refractivity contribution in [1.82, 2.24) is 0 Å². The van der Waals surface area contributed by atoms with Crippen LogP contribution in [0, 0.1) is 15.9 Å². The second kappa shape index (κ2) is 3.73. The first-order chi connectivity index (χ1) is 7.50. The monoisotopic (exact) mass is 224 g/mol. The topological polar surface area (TPSA) is 55.2 Å². The molecule has 1 N–H and O–H groups in total. The first-order valence-electron chi connectivity index (χ1n) is 5.22. The van der Waals surface area contributed by atoms with E-state index >= 15 is 0 Å². The number of hydrogen-bond donors (Lipinski definition) is 1. The number of rotatable bonds is 3. The second-order valence-electron chi connectivity index (χ2n) is 4.46. The number of nitrogens with one attached hydrogen (secondary N) is 1. The zero-order valence-corrected chi connectivity index (χ0v) is 9.00. The standard InChI is InChI=1S/C11H13FN2O2/c1-11(5-2-6-11)13-10-4-3-8(14(15)16)7-9(10)12/h3-4,7,13H,2,5-6H2,1H3. The predicted molar refractivity (Wildman–Crippen MR) is 58.9 cm³/mol. The van der Waals surface area contributed by atoms with Crippen LogP contribution in [-0.4, -0.2) is 10.5 Å². The molecule has 1 fully saturated rings. The molecule has 0 unspecified atom stereocenters. The van der Waals surface area contributed by atoms with Crippen LogP contribution in [0.1, 0.15) is 26.2 Å². The lowest BCUT2D eigenvalue weighted by molar-refractivity contribution is -0.385. The molecule has 0 aliphatic heterocycles. The van der Waals surface area contributed by atoms with Gasteiger partial charge >= 0.3 is 0 Å². The van der Waals surface area contributed by atoms with Gasteiger partial charge in [0.25, 0.3) is 5.69 Å². The van der Waals surface area contributed by atoms with Crippen molar-refractivity contribution in [2.45, 2.75) is 31.7 Å². The van der Waals surface area contributed by atoms with E-state index in [1.54, 1.807) is 0 Å². The molecule has 0 heterocycles. The van der Waals surface area contributed by atoms with Gasteiger partial charge in [-0.25, -0.2) is 4.39 Å². The summed E-state index contributed by atoms with van der Waals surface area (Å²) in [5.74, 6) is -0.567. The molecule has 86 valence electrons. The number of halogens is 1. The first kappa shape index (κ1) is 10.9. The fourth-order valence-corrected chi connectivity index (χ4v) is 1.88. The summed E-state index contributed by atoms with van der Waals surface area (Å²) in [5, 5.41) is 13.5. The van der Waals surface area contributed by atoms with Gasteiger partial charge in [0.15, 0.2) is 5.82 Å². The van der Waals surface area contributed by atoms with Gasteiger partial charge in [-0.05, 0) is 32.3 Å². The van der Waals surface area contributed by atoms with Crippen molar-refractivity contribution in [3.05, 3.63) is 34.1 Å². The van der Waals surface area contributed by atoms with Crippen LogP contribution >= 0.6 is 0 Å². The smallest absolute Gasteiger partial charge is 0.272 e. The summed E-state index contributed by atoms with van der Waals surface area (Å²) in [6.07, 6.45) is 3.14. The summed E-state index contributed by atoms with van der Waals surface area (Å²) in [6, 6.07) is 3.69. The Labute approximate surface area is 92.6 Å². The lowest BCUT2D eigenvalue weighted by atomic mass is 9.78. The van der Waals surface area contributed by atoms with Crippen molar-refractivity contribution < 1.29 is 9.31 Å². The molecule has 1 aromatic carbocycles. The molecule has 1 aliphatic rings. The molecule has 1 aliphatic carbocycles. The lowest BCUT2D eigenvalue weighted by Crippen LogP contribution is -2.41. The molecule has 0 atom stereocenters. The normalized spacial score (nSPS) is 17.6. The van der Waals surface area contributed by atoms with E-state index in [2.05, 4.69) is 5.32 Å². The van der Waals surface area contributed by atoms with Crippen molar-refractivity contribution in [1.29, 1.82) is 0 Å². The first-order valence-corrected chi connectivity index (χ1v) is 5.22. The van der Waals surface area contributed by atoms with Crippen LogP contribution in [0.15, 0.2) is 18.2 Å². The molecular formula is C11H13FN2O2. The highest BCUT2D eigenvalue weighted by atomic mass is 19.1. The predicted octanol–water partition coefficient (Wildman–Crippen LogP) is 3.09. The van der Waals surface area contributed by atoms with Gasteiger partial charge in [-0.1, -0.05) is 0 Å². The molecule has 0 saturated heterocycles. The van der Waals surface area contributed by atoms with Crippen molar-refractivity contribution in [3.8, 4) is 0 Å². The van der Waals surface area contributed by atoms with Gasteiger partial charge in [0.05, 0.1) is 16.7 Å². The Balaban J connectivity index is 2.19. The number of nitro benzene ring substituents is 1. The second-order valence-corrected chi connectivity index (χ2v) is 4.46. The Morgan fingerprint density at radius 1 is 1.50 bits per heavy atom. The highest BCUT2D eigenvalue weighted by molar-refractivity contribution is 5.52. The summed E-state index contributed by atoms with van der Waals surface area (Å²) in [6.45, 7) is 2.03. The maximum absolute atomic E-state index is 13.5. The van der Waals surface area contributed by atoms with Gasteiger partial charge in [-0.2, -0.15) is 0 Å². The fraction of sp³-hybridized carbons (Fsp3) is 0.455. The van der Waals surface area contributed by atoms with E-state index in [9.17, 15) is 14.5 Å².